The minimum absolute atomic E-state index is 0. The molecule has 4 nitrogen and oxygen atoms in total. The summed E-state index contributed by atoms with van der Waals surface area (Å²) >= 11 is 0. The van der Waals surface area contributed by atoms with Crippen LogP contribution in [-0.2, 0) is 10.1 Å². The van der Waals surface area contributed by atoms with Crippen molar-refractivity contribution in [3.8, 4) is 0 Å². The van der Waals surface area contributed by atoms with E-state index in [-0.39, 0.29) is 35.7 Å². The molecule has 0 saturated heterocycles. The van der Waals surface area contributed by atoms with Crippen LogP contribution in [0.4, 0.5) is 0 Å². The average molecular weight is 415 g/mol. The summed E-state index contributed by atoms with van der Waals surface area (Å²) in [5, 5.41) is 9.31. The number of hydrogen-bond donors (Lipinski definition) is 1. The van der Waals surface area contributed by atoms with Crippen LogP contribution in [-0.4, -0.2) is 29.4 Å². The van der Waals surface area contributed by atoms with E-state index in [1.165, 1.54) is 44.9 Å². The third-order valence-corrected chi connectivity index (χ3v) is 6.53. The molecule has 2 unspecified atom stereocenters. The van der Waals surface area contributed by atoms with Crippen LogP contribution < -0.4 is 29.6 Å². The third kappa shape index (κ3) is 19.9. The van der Waals surface area contributed by atoms with E-state index in [1.54, 1.807) is 0 Å². The zero-order valence-electron chi connectivity index (χ0n) is 18.3. The second kappa shape index (κ2) is 20.2. The second-order valence-electron chi connectivity index (χ2n) is 7.81. The van der Waals surface area contributed by atoms with Gasteiger partial charge in [0, 0.05) is 5.25 Å². The number of hydrogen-bond acceptors (Lipinski definition) is 4. The molecule has 0 amide bonds. The molecule has 0 aromatic heterocycles. The van der Waals surface area contributed by atoms with Crippen LogP contribution in [0.1, 0.15) is 123 Å². The Morgan fingerprint density at radius 1 is 0.667 bits per heavy atom. The summed E-state index contributed by atoms with van der Waals surface area (Å²) in [5.74, 6) is 0. The summed E-state index contributed by atoms with van der Waals surface area (Å²) in [6.45, 7) is 4.24. The van der Waals surface area contributed by atoms with Gasteiger partial charge in [0.15, 0.2) is 0 Å². The Morgan fingerprint density at radius 3 is 1.52 bits per heavy atom. The van der Waals surface area contributed by atoms with Crippen LogP contribution in [0.3, 0.4) is 0 Å². The Balaban J connectivity index is 0. The Hall–Kier alpha value is 0.870. The molecule has 0 heterocycles. The first-order valence-electron chi connectivity index (χ1n) is 11.0. The van der Waals surface area contributed by atoms with Crippen LogP contribution in [0.25, 0.3) is 0 Å². The molecule has 0 spiro atoms. The maximum absolute atomic E-state index is 11.3. The Bertz CT molecular complexity index is 401. The van der Waals surface area contributed by atoms with Gasteiger partial charge in [-0.1, -0.05) is 97.3 Å². The topological polar surface area (TPSA) is 77.4 Å². The van der Waals surface area contributed by atoms with Gasteiger partial charge in [0.1, 0.15) is 0 Å². The van der Waals surface area contributed by atoms with E-state index in [1.807, 2.05) is 6.92 Å². The molecular formula is C21H43NaO4S. The van der Waals surface area contributed by atoms with E-state index >= 15 is 0 Å². The second-order valence-corrected chi connectivity index (χ2v) is 9.46. The van der Waals surface area contributed by atoms with Crippen molar-refractivity contribution < 1.29 is 47.6 Å². The Morgan fingerprint density at radius 2 is 1.04 bits per heavy atom. The molecule has 0 aromatic rings. The van der Waals surface area contributed by atoms with Gasteiger partial charge in [-0.05, 0) is 25.7 Å². The Labute approximate surface area is 191 Å². The fourth-order valence-corrected chi connectivity index (χ4v) is 4.36. The summed E-state index contributed by atoms with van der Waals surface area (Å²) in [5.41, 5.74) is 0. The average Bonchev–Trinajstić information content (AvgIpc) is 2.58. The van der Waals surface area contributed by atoms with Crippen LogP contribution in [0.2, 0.25) is 0 Å². The first-order chi connectivity index (χ1) is 12.4. The summed E-state index contributed by atoms with van der Waals surface area (Å²) in [6, 6.07) is 0. The molecule has 6 heteroatoms. The van der Waals surface area contributed by atoms with Gasteiger partial charge in [0.2, 0.25) is 0 Å². The standard InChI is InChI=1S/C21H44O4S.Na/c1-3-5-7-8-9-10-11-13-16-20(22)17-14-12-15-19-21(18-6-4-2)26(23,24)25;/h20-22H,3-19H2,1-2H3,(H,23,24,25);/q;+1/p-1. The summed E-state index contributed by atoms with van der Waals surface area (Å²) < 4.78 is 33.8. The molecule has 27 heavy (non-hydrogen) atoms. The predicted octanol–water partition coefficient (Wildman–Crippen LogP) is 2.94. The molecule has 0 rings (SSSR count). The molecule has 0 aromatic carbocycles. The Kier molecular flexibility index (Phi) is 22.4. The van der Waals surface area contributed by atoms with Gasteiger partial charge in [0.05, 0.1) is 16.2 Å². The maximum Gasteiger partial charge on any atom is 1.00 e. The molecule has 0 aliphatic carbocycles. The molecular weight excluding hydrogens is 371 g/mol. The zero-order chi connectivity index (χ0) is 19.7. The number of unbranched alkanes of at least 4 members (excludes halogenated alkanes) is 10. The predicted molar refractivity (Wildman–Crippen MR) is 109 cm³/mol. The SMILES string of the molecule is CCCCCCCCCCC(O)CCCCCC(CCCC)S(=O)(=O)[O-].[Na+]. The zero-order valence-corrected chi connectivity index (χ0v) is 21.1. The molecule has 0 aliphatic heterocycles. The van der Waals surface area contributed by atoms with Crippen molar-refractivity contribution >= 4 is 10.1 Å². The van der Waals surface area contributed by atoms with Gasteiger partial charge in [-0.15, -0.1) is 0 Å². The molecule has 158 valence electrons. The first-order valence-corrected chi connectivity index (χ1v) is 12.5. The van der Waals surface area contributed by atoms with Crippen LogP contribution >= 0.6 is 0 Å². The van der Waals surface area contributed by atoms with Crippen molar-refractivity contribution in [1.29, 1.82) is 0 Å². The van der Waals surface area contributed by atoms with E-state index < -0.39 is 15.4 Å². The summed E-state index contributed by atoms with van der Waals surface area (Å²) in [7, 11) is -4.17. The van der Waals surface area contributed by atoms with E-state index in [9.17, 15) is 18.1 Å². The van der Waals surface area contributed by atoms with E-state index in [0.717, 1.165) is 51.4 Å². The van der Waals surface area contributed by atoms with Gasteiger partial charge in [-0.25, -0.2) is 8.42 Å². The molecule has 2 atom stereocenters. The monoisotopic (exact) mass is 414 g/mol. The number of rotatable bonds is 19. The van der Waals surface area contributed by atoms with E-state index in [0.29, 0.717) is 12.8 Å². The van der Waals surface area contributed by atoms with Gasteiger partial charge in [-0.2, -0.15) is 0 Å². The van der Waals surface area contributed by atoms with Crippen molar-refractivity contribution in [2.45, 2.75) is 134 Å². The minimum atomic E-state index is -4.17. The smallest absolute Gasteiger partial charge is 0.748 e. The van der Waals surface area contributed by atoms with Gasteiger partial charge in [0.25, 0.3) is 0 Å². The number of aliphatic hydroxyl groups excluding tert-OH is 1. The number of aliphatic hydroxyl groups is 1. The summed E-state index contributed by atoms with van der Waals surface area (Å²) in [4.78, 5) is 0. The molecule has 1 N–H and O–H groups in total. The molecule has 0 fully saturated rings. The molecule has 0 saturated carbocycles. The molecule has 0 aliphatic rings. The molecule has 0 bridgehead atoms. The summed E-state index contributed by atoms with van der Waals surface area (Å²) in [6.07, 6.45) is 16.9. The van der Waals surface area contributed by atoms with Gasteiger partial charge < -0.3 is 9.66 Å². The van der Waals surface area contributed by atoms with Crippen molar-refractivity contribution in [2.75, 3.05) is 0 Å². The van der Waals surface area contributed by atoms with Crippen molar-refractivity contribution in [2.24, 2.45) is 0 Å². The van der Waals surface area contributed by atoms with E-state index in [2.05, 4.69) is 6.92 Å². The van der Waals surface area contributed by atoms with Crippen molar-refractivity contribution in [1.82, 2.24) is 0 Å². The third-order valence-electron chi connectivity index (χ3n) is 5.24. The fraction of sp³-hybridized carbons (Fsp3) is 1.00. The van der Waals surface area contributed by atoms with E-state index in [4.69, 9.17) is 0 Å². The maximum atomic E-state index is 11.3. The van der Waals surface area contributed by atoms with Crippen LogP contribution in [0.15, 0.2) is 0 Å². The van der Waals surface area contributed by atoms with Crippen LogP contribution in [0.5, 0.6) is 0 Å². The fourth-order valence-electron chi connectivity index (χ4n) is 3.45. The quantitative estimate of drug-likeness (QED) is 0.200. The van der Waals surface area contributed by atoms with Gasteiger partial charge in [-0.3, -0.25) is 0 Å². The van der Waals surface area contributed by atoms with Crippen LogP contribution in [0, 0.1) is 0 Å². The normalized spacial score (nSPS) is 13.9. The van der Waals surface area contributed by atoms with Gasteiger partial charge >= 0.3 is 29.6 Å². The molecule has 0 radical (unpaired) electrons. The van der Waals surface area contributed by atoms with Crippen molar-refractivity contribution in [3.05, 3.63) is 0 Å². The largest absolute Gasteiger partial charge is 1.00 e. The minimum Gasteiger partial charge on any atom is -0.748 e. The first kappa shape index (κ1) is 30.1. The van der Waals surface area contributed by atoms with Crippen molar-refractivity contribution in [3.63, 3.8) is 0 Å².